The fourth-order valence-electron chi connectivity index (χ4n) is 6.24. The van der Waals surface area contributed by atoms with Gasteiger partial charge in [0.15, 0.2) is 8.32 Å². The van der Waals surface area contributed by atoms with Crippen LogP contribution in [-0.4, -0.2) is 66.8 Å². The average molecular weight is 525 g/mol. The molecule has 0 unspecified atom stereocenters. The number of rotatable bonds is 10. The lowest BCUT2D eigenvalue weighted by Gasteiger charge is -2.31. The van der Waals surface area contributed by atoms with Gasteiger partial charge in [0.1, 0.15) is 0 Å². The number of anilines is 2. The molecule has 2 fully saturated rings. The summed E-state index contributed by atoms with van der Waals surface area (Å²) in [5, 5.41) is 9.63. The van der Waals surface area contributed by atoms with E-state index >= 15 is 0 Å². The first kappa shape index (κ1) is 27.5. The van der Waals surface area contributed by atoms with Crippen molar-refractivity contribution in [3.05, 3.63) is 60.2 Å². The molecule has 37 heavy (non-hydrogen) atoms. The molecule has 0 radical (unpaired) electrons. The number of amides is 2. The molecule has 4 rings (SSSR count). The smallest absolute Gasteiger partial charge is 0.225 e. The number of hydrogen-bond acceptors (Lipinski definition) is 5. The molecule has 0 spiro atoms. The lowest BCUT2D eigenvalue weighted by atomic mass is 9.95. The number of carbonyl (C=O) groups is 2. The predicted molar refractivity (Wildman–Crippen MR) is 147 cm³/mol. The predicted octanol–water partition coefficient (Wildman–Crippen LogP) is 4.26. The number of ether oxygens (including phenoxy) is 1. The second-order valence-electron chi connectivity index (χ2n) is 11.0. The third-order valence-corrected chi connectivity index (χ3v) is 10.6. The van der Waals surface area contributed by atoms with Crippen LogP contribution in [0.2, 0.25) is 18.6 Å². The van der Waals surface area contributed by atoms with Crippen LogP contribution < -0.4 is 4.90 Å². The molecule has 0 saturated carbocycles. The molecule has 8 heteroatoms. The number of likely N-dealkylation sites (tertiary alicyclic amines) is 1. The molecule has 5 atom stereocenters. The normalized spacial score (nSPS) is 25.9. The highest BCUT2D eigenvalue weighted by Gasteiger charge is 2.50. The maximum absolute atomic E-state index is 13.1. The Bertz CT molecular complexity index is 1040. The summed E-state index contributed by atoms with van der Waals surface area (Å²) >= 11 is 0. The third kappa shape index (κ3) is 6.31. The van der Waals surface area contributed by atoms with E-state index in [0.29, 0.717) is 6.54 Å². The van der Waals surface area contributed by atoms with Crippen molar-refractivity contribution >= 4 is 32.0 Å². The first-order valence-electron chi connectivity index (χ1n) is 13.4. The highest BCUT2D eigenvalue weighted by molar-refractivity contribution is 6.71. The van der Waals surface area contributed by atoms with Gasteiger partial charge in [-0.2, -0.15) is 0 Å². The summed E-state index contributed by atoms with van der Waals surface area (Å²) in [7, 11) is -2.57. The zero-order chi connectivity index (χ0) is 26.6. The van der Waals surface area contributed by atoms with E-state index in [2.05, 4.69) is 6.92 Å². The van der Waals surface area contributed by atoms with E-state index in [1.807, 2.05) is 67.7 Å². The maximum atomic E-state index is 13.1. The number of hydrogen-bond donors (Lipinski definition) is 2. The highest BCUT2D eigenvalue weighted by Crippen LogP contribution is 2.46. The number of nitrogens with zero attached hydrogens (tertiary/aromatic N) is 2. The van der Waals surface area contributed by atoms with Gasteiger partial charge in [-0.3, -0.25) is 14.5 Å². The Labute approximate surface area is 221 Å². The van der Waals surface area contributed by atoms with Crippen LogP contribution >= 0.6 is 0 Å². The van der Waals surface area contributed by atoms with Crippen LogP contribution in [0, 0.1) is 5.92 Å². The van der Waals surface area contributed by atoms with E-state index < -0.39 is 8.32 Å². The molecule has 7 nitrogen and oxygen atoms in total. The minimum Gasteiger partial charge on any atom is -0.432 e. The first-order chi connectivity index (χ1) is 17.7. The zero-order valence-electron chi connectivity index (χ0n) is 22.1. The van der Waals surface area contributed by atoms with E-state index in [1.54, 1.807) is 9.80 Å². The fraction of sp³-hybridized carbons (Fsp3) is 0.517. The molecule has 200 valence electrons. The quantitative estimate of drug-likeness (QED) is 0.358. The van der Waals surface area contributed by atoms with Crippen molar-refractivity contribution in [3.8, 4) is 0 Å². The number of carbonyl (C=O) groups excluding carboxylic acids is 2. The Morgan fingerprint density at radius 1 is 1.11 bits per heavy atom. The molecule has 2 aliphatic rings. The number of aliphatic hydroxyl groups excluding tert-OH is 1. The first-order valence-corrected chi connectivity index (χ1v) is 16.4. The van der Waals surface area contributed by atoms with E-state index in [9.17, 15) is 19.5 Å². The summed E-state index contributed by atoms with van der Waals surface area (Å²) < 4.78 is 6.48. The van der Waals surface area contributed by atoms with Crippen LogP contribution in [0.3, 0.4) is 0 Å². The van der Waals surface area contributed by atoms with Gasteiger partial charge >= 0.3 is 0 Å². The van der Waals surface area contributed by atoms with Crippen LogP contribution in [0.15, 0.2) is 54.6 Å². The summed E-state index contributed by atoms with van der Waals surface area (Å²) in [6.45, 7) is 6.70. The van der Waals surface area contributed by atoms with Crippen LogP contribution in [0.4, 0.5) is 11.4 Å². The van der Waals surface area contributed by atoms with E-state index in [0.717, 1.165) is 49.0 Å². The molecule has 0 aromatic heterocycles. The number of benzene rings is 2. The molecule has 2 N–H and O–H groups in total. The molecule has 0 aliphatic carbocycles. The Morgan fingerprint density at radius 2 is 1.78 bits per heavy atom. The molecule has 2 heterocycles. The number of aryl methyl sites for hydroxylation is 1. The second kappa shape index (κ2) is 11.9. The van der Waals surface area contributed by atoms with Gasteiger partial charge in [0.05, 0.1) is 31.3 Å². The van der Waals surface area contributed by atoms with Gasteiger partial charge in [0.25, 0.3) is 0 Å². The Balaban J connectivity index is 1.40. The van der Waals surface area contributed by atoms with Crippen molar-refractivity contribution in [1.29, 1.82) is 0 Å². The van der Waals surface area contributed by atoms with E-state index in [-0.39, 0.29) is 48.6 Å². The van der Waals surface area contributed by atoms with Gasteiger partial charge in [0.2, 0.25) is 12.3 Å². The van der Waals surface area contributed by atoms with Crippen LogP contribution in [0.25, 0.3) is 0 Å². The Hall–Kier alpha value is -2.52. The second-order valence-corrected chi connectivity index (χ2v) is 15.0. The summed E-state index contributed by atoms with van der Waals surface area (Å²) in [6, 6.07) is 17.4. The van der Waals surface area contributed by atoms with Crippen molar-refractivity contribution in [2.75, 3.05) is 18.1 Å². The summed E-state index contributed by atoms with van der Waals surface area (Å²) in [5.41, 5.74) is 2.76. The van der Waals surface area contributed by atoms with Gasteiger partial charge < -0.3 is 19.5 Å². The maximum Gasteiger partial charge on any atom is 0.225 e. The van der Waals surface area contributed by atoms with Gasteiger partial charge in [-0.25, -0.2) is 0 Å². The topological polar surface area (TPSA) is 90.3 Å². The molecule has 2 aliphatic heterocycles. The fourth-order valence-corrected chi connectivity index (χ4v) is 8.85. The lowest BCUT2D eigenvalue weighted by Crippen LogP contribution is -2.43. The van der Waals surface area contributed by atoms with Crippen LogP contribution in [0.1, 0.15) is 38.2 Å². The lowest BCUT2D eigenvalue weighted by molar-refractivity contribution is -0.135. The standard InChI is InChI=1S/C29H40N2O5Si/c1-21-26(16-13-22-11-14-24(15-12-22)31(20-33)23-8-5-4-6-9-23)36-27(29(21)37(2,3)35)18-28(34)30-17-7-10-25(30)19-32/h4-6,8-9,11-12,14-15,20-21,25-27,29,32,35H,7,10,13,16-19H2,1-3H3/t21-,25-,26+,27-,29+/m0/s1. The minimum absolute atomic E-state index is 0.00525. The third-order valence-electron chi connectivity index (χ3n) is 8.07. The summed E-state index contributed by atoms with van der Waals surface area (Å²) in [5.74, 6) is 0.172. The van der Waals surface area contributed by atoms with Gasteiger partial charge in [-0.05, 0) is 74.5 Å². The Kier molecular flexibility index (Phi) is 8.85. The molecule has 2 aromatic carbocycles. The number of para-hydroxylation sites is 1. The Morgan fingerprint density at radius 3 is 2.41 bits per heavy atom. The number of aliphatic hydroxyl groups is 1. The van der Waals surface area contributed by atoms with Crippen LogP contribution in [0.5, 0.6) is 0 Å². The minimum atomic E-state index is -2.57. The summed E-state index contributed by atoms with van der Waals surface area (Å²) in [6.07, 6.45) is 4.11. The van der Waals surface area contributed by atoms with Crippen molar-refractivity contribution in [3.63, 3.8) is 0 Å². The van der Waals surface area contributed by atoms with Gasteiger partial charge in [0, 0.05) is 23.5 Å². The monoisotopic (exact) mass is 524 g/mol. The van der Waals surface area contributed by atoms with E-state index in [4.69, 9.17) is 4.74 Å². The van der Waals surface area contributed by atoms with Gasteiger partial charge in [-0.1, -0.05) is 37.3 Å². The molecular formula is C29H40N2O5Si. The van der Waals surface area contributed by atoms with Gasteiger partial charge in [-0.15, -0.1) is 0 Å². The molecule has 2 amide bonds. The van der Waals surface area contributed by atoms with Crippen molar-refractivity contribution in [2.45, 2.75) is 75.9 Å². The van der Waals surface area contributed by atoms with Crippen molar-refractivity contribution < 1.29 is 24.2 Å². The summed E-state index contributed by atoms with van der Waals surface area (Å²) in [4.78, 5) is 39.3. The molecular weight excluding hydrogens is 484 g/mol. The highest BCUT2D eigenvalue weighted by atomic mass is 28.4. The molecule has 2 saturated heterocycles. The van der Waals surface area contributed by atoms with E-state index in [1.165, 1.54) is 0 Å². The molecule has 2 aromatic rings. The molecule has 0 bridgehead atoms. The SMILES string of the molecule is C[C@@H]1[C@@H]([Si](C)(C)O)[C@H](CC(=O)N2CCC[C@H]2CO)O[C@@H]1CCc1ccc(N(C=O)c2ccccc2)cc1. The largest absolute Gasteiger partial charge is 0.432 e. The van der Waals surface area contributed by atoms with Crippen molar-refractivity contribution in [2.24, 2.45) is 5.92 Å². The van der Waals surface area contributed by atoms with Crippen molar-refractivity contribution in [1.82, 2.24) is 4.90 Å². The average Bonchev–Trinajstić information content (AvgIpc) is 3.48. The van der Waals surface area contributed by atoms with Crippen LogP contribution in [-0.2, 0) is 20.7 Å². The zero-order valence-corrected chi connectivity index (χ0v) is 23.1.